The molecule has 0 saturated carbocycles. The van der Waals surface area contributed by atoms with Gasteiger partial charge in [-0.1, -0.05) is 0 Å². The van der Waals surface area contributed by atoms with Gasteiger partial charge in [0.25, 0.3) is 0 Å². The van der Waals surface area contributed by atoms with Gasteiger partial charge in [-0.25, -0.2) is 0 Å². The molecule has 0 aromatic carbocycles. The Morgan fingerprint density at radius 2 is 2.20 bits per heavy atom. The molecule has 0 unspecified atom stereocenters. The predicted octanol–water partition coefficient (Wildman–Crippen LogP) is 0.0113. The van der Waals surface area contributed by atoms with Gasteiger partial charge in [0.1, 0.15) is 0 Å². The first-order valence-electron chi connectivity index (χ1n) is 1.06. The summed E-state index contributed by atoms with van der Waals surface area (Å²) in [5.74, 6) is -0.259. The molecule has 0 aromatic heterocycles. The van der Waals surface area contributed by atoms with Gasteiger partial charge in [0, 0.05) is 0 Å². The van der Waals surface area contributed by atoms with Crippen LogP contribution in [0.2, 0.25) is 0 Å². The van der Waals surface area contributed by atoms with Crippen molar-refractivity contribution in [3.63, 3.8) is 0 Å². The molecule has 2 nitrogen and oxygen atoms in total. The van der Waals surface area contributed by atoms with Crippen molar-refractivity contribution in [1.82, 2.24) is 0 Å². The fourth-order valence-electron chi connectivity index (χ4n) is 0. The Morgan fingerprint density at radius 1 is 2.00 bits per heavy atom. The van der Waals surface area contributed by atoms with Crippen LogP contribution in [0, 0.1) is 0 Å². The van der Waals surface area contributed by atoms with E-state index in [0.29, 0.717) is 0 Å². The first-order valence-corrected chi connectivity index (χ1v) is 1.82. The third-order valence-corrected chi connectivity index (χ3v) is 0.643. The van der Waals surface area contributed by atoms with Crippen LogP contribution in [0.4, 0.5) is 0 Å². The standard InChI is InChI=1S/C2H4O2.Tc/c1-2(3)4;/h1H3,(H,3,4);/q;+1/p-1. The van der Waals surface area contributed by atoms with Crippen LogP contribution < -0.4 is 0 Å². The van der Waals surface area contributed by atoms with E-state index in [-0.39, 0.29) is 5.97 Å². The first kappa shape index (κ1) is 5.12. The molecule has 0 aromatic rings. The summed E-state index contributed by atoms with van der Waals surface area (Å²) in [6, 6.07) is 0. The fraction of sp³-hybridized carbons (Fsp3) is 0.500. The van der Waals surface area contributed by atoms with Gasteiger partial charge in [0.15, 0.2) is 0 Å². The van der Waals surface area contributed by atoms with E-state index in [1.54, 1.807) is 0 Å². The molecule has 0 spiro atoms. The zero-order valence-corrected chi connectivity index (χ0v) is 4.55. The van der Waals surface area contributed by atoms with Crippen LogP contribution in [-0.4, -0.2) is 5.97 Å². The second kappa shape index (κ2) is 2.36. The molecule has 0 fully saturated rings. The summed E-state index contributed by atoms with van der Waals surface area (Å²) in [6.07, 6.45) is 0. The molecule has 0 aliphatic carbocycles. The third-order valence-electron chi connectivity index (χ3n) is 0.109. The Kier molecular flexibility index (Phi) is 2.42. The Hall–Kier alpha value is 0.119. The van der Waals surface area contributed by atoms with Crippen LogP contribution in [0.25, 0.3) is 0 Å². The zero-order valence-electron chi connectivity index (χ0n) is 2.69. The molecule has 3 heteroatoms. The van der Waals surface area contributed by atoms with Crippen LogP contribution in [-0.2, 0) is 27.6 Å². The van der Waals surface area contributed by atoms with E-state index in [1.807, 2.05) is 0 Å². The molecule has 5 heavy (non-hydrogen) atoms. The van der Waals surface area contributed by atoms with Gasteiger partial charge >= 0.3 is 40.5 Å². The van der Waals surface area contributed by atoms with Crippen molar-refractivity contribution >= 4 is 5.97 Å². The molecular formula is C2H3O2Tc. The predicted molar refractivity (Wildman–Crippen MR) is 11.8 cm³/mol. The van der Waals surface area contributed by atoms with Gasteiger partial charge in [-0.05, 0) is 0 Å². The van der Waals surface area contributed by atoms with Gasteiger partial charge in [0.2, 0.25) is 0 Å². The zero-order chi connectivity index (χ0) is 4.28. The van der Waals surface area contributed by atoms with E-state index in [9.17, 15) is 4.79 Å². The maximum absolute atomic E-state index is 9.58. The van der Waals surface area contributed by atoms with Gasteiger partial charge < -0.3 is 0 Å². The van der Waals surface area contributed by atoms with Crippen LogP contribution in [0.5, 0.6) is 0 Å². The minimum atomic E-state index is -0.259. The van der Waals surface area contributed by atoms with E-state index < -0.39 is 0 Å². The van der Waals surface area contributed by atoms with Gasteiger partial charge in [-0.15, -0.1) is 0 Å². The van der Waals surface area contributed by atoms with Crippen molar-refractivity contribution < 1.29 is 27.6 Å². The summed E-state index contributed by atoms with van der Waals surface area (Å²) < 4.78 is 4.08. The molecule has 0 heterocycles. The average molecular weight is 157 g/mol. The molecule has 0 atom stereocenters. The van der Waals surface area contributed by atoms with Crippen molar-refractivity contribution in [2.24, 2.45) is 0 Å². The molecule has 0 bridgehead atoms. The van der Waals surface area contributed by atoms with Crippen LogP contribution in [0.1, 0.15) is 6.92 Å². The van der Waals surface area contributed by atoms with E-state index in [1.165, 1.54) is 26.2 Å². The number of hydrogen-bond donors (Lipinski definition) is 0. The SMILES string of the molecule is CC(=O)[O][Tc]. The number of rotatable bonds is 0. The third kappa shape index (κ3) is 4.12. The van der Waals surface area contributed by atoms with Gasteiger partial charge in [0.05, 0.1) is 0 Å². The Balaban J connectivity index is 2.85. The molecule has 0 N–H and O–H groups in total. The van der Waals surface area contributed by atoms with E-state index in [4.69, 9.17) is 0 Å². The Bertz CT molecular complexity index is 42.9. The molecule has 0 rings (SSSR count). The van der Waals surface area contributed by atoms with Crippen molar-refractivity contribution in [1.29, 1.82) is 0 Å². The summed E-state index contributed by atoms with van der Waals surface area (Å²) >= 11 is 1.53. The van der Waals surface area contributed by atoms with Crippen LogP contribution >= 0.6 is 0 Å². The Morgan fingerprint density at radius 3 is 2.20 bits per heavy atom. The van der Waals surface area contributed by atoms with E-state index in [2.05, 4.69) is 3.50 Å². The Labute approximate surface area is 41.1 Å². The van der Waals surface area contributed by atoms with Gasteiger partial charge in [-0.3, -0.25) is 0 Å². The summed E-state index contributed by atoms with van der Waals surface area (Å²) in [5, 5.41) is 0. The summed E-state index contributed by atoms with van der Waals surface area (Å²) in [4.78, 5) is 9.58. The molecule has 0 radical (unpaired) electrons. The quantitative estimate of drug-likeness (QED) is 0.495. The van der Waals surface area contributed by atoms with Crippen molar-refractivity contribution in [2.75, 3.05) is 0 Å². The van der Waals surface area contributed by atoms with E-state index >= 15 is 0 Å². The summed E-state index contributed by atoms with van der Waals surface area (Å²) in [7, 11) is 0. The maximum atomic E-state index is 9.58. The topological polar surface area (TPSA) is 26.3 Å². The number of carbonyl (C=O) groups is 1. The van der Waals surface area contributed by atoms with Crippen molar-refractivity contribution in [3.05, 3.63) is 0 Å². The average Bonchev–Trinajstić information content (AvgIpc) is 1.38. The van der Waals surface area contributed by atoms with E-state index in [0.717, 1.165) is 0 Å². The fourth-order valence-corrected chi connectivity index (χ4v) is 0. The second-order valence-electron chi connectivity index (χ2n) is 0.569. The number of hydrogen-bond acceptors (Lipinski definition) is 2. The number of carbonyl (C=O) groups excluding carboxylic acids is 1. The normalized spacial score (nSPS) is 6.80. The van der Waals surface area contributed by atoms with Gasteiger partial charge in [-0.2, -0.15) is 0 Å². The van der Waals surface area contributed by atoms with Crippen LogP contribution in [0.3, 0.4) is 0 Å². The molecular weight excluding hydrogens is 154 g/mol. The van der Waals surface area contributed by atoms with Crippen LogP contribution in [0.15, 0.2) is 0 Å². The second-order valence-corrected chi connectivity index (χ2v) is 0.948. The monoisotopic (exact) mass is 156 g/mol. The summed E-state index contributed by atoms with van der Waals surface area (Å²) in [5.41, 5.74) is 0. The minimum absolute atomic E-state index is 0.259. The van der Waals surface area contributed by atoms with Crippen molar-refractivity contribution in [3.8, 4) is 0 Å². The molecule has 30 valence electrons. The first-order chi connectivity index (χ1) is 2.27. The molecule has 0 amide bonds. The van der Waals surface area contributed by atoms with Crippen molar-refractivity contribution in [2.45, 2.75) is 6.92 Å². The summed E-state index contributed by atoms with van der Waals surface area (Å²) in [6.45, 7) is 1.35. The molecule has 0 aliphatic heterocycles. The molecule has 0 aliphatic rings. The molecule has 0 saturated heterocycles.